The summed E-state index contributed by atoms with van der Waals surface area (Å²) in [5.41, 5.74) is -5.94. The third-order valence-corrected chi connectivity index (χ3v) is 2.78. The molecule has 0 saturated heterocycles. The van der Waals surface area contributed by atoms with Gasteiger partial charge in [0.1, 0.15) is 0 Å². The Kier molecular flexibility index (Phi) is 4.09. The van der Waals surface area contributed by atoms with Gasteiger partial charge in [-0.3, -0.25) is 0 Å². The molecule has 0 bridgehead atoms. The fourth-order valence-corrected chi connectivity index (χ4v) is 1.67. The molecule has 0 unspecified atom stereocenters. The van der Waals surface area contributed by atoms with Gasteiger partial charge in [-0.1, -0.05) is 18.7 Å². The van der Waals surface area contributed by atoms with Gasteiger partial charge in [0, 0.05) is 18.3 Å². The first-order chi connectivity index (χ1) is 8.99. The predicted molar refractivity (Wildman–Crippen MR) is 62.1 cm³/mol. The lowest BCUT2D eigenvalue weighted by Gasteiger charge is -2.33. The Bertz CT molecular complexity index is 492. The molecule has 0 heterocycles. The van der Waals surface area contributed by atoms with Crippen LogP contribution < -0.4 is 5.32 Å². The van der Waals surface area contributed by atoms with E-state index in [0.717, 1.165) is 12.1 Å². The standard InChI is InChI=1S/C12H11F6NO/c1-3-7-6-8(4-5-9(7)19-2)10(20,11(13,14)15)12(16,17)18/h3-6,19-20H,1H2,2H3. The van der Waals surface area contributed by atoms with Gasteiger partial charge < -0.3 is 10.4 Å². The fraction of sp³-hybridized carbons (Fsp3) is 0.333. The Balaban J connectivity index is 3.56. The number of nitrogens with one attached hydrogen (secondary N) is 1. The van der Waals surface area contributed by atoms with Gasteiger partial charge in [-0.15, -0.1) is 0 Å². The average molecular weight is 299 g/mol. The molecule has 1 aromatic carbocycles. The number of alkyl halides is 6. The van der Waals surface area contributed by atoms with Crippen molar-refractivity contribution in [3.05, 3.63) is 35.9 Å². The van der Waals surface area contributed by atoms with Gasteiger partial charge in [-0.25, -0.2) is 0 Å². The normalized spacial score (nSPS) is 13.2. The van der Waals surface area contributed by atoms with Crippen molar-refractivity contribution < 1.29 is 31.4 Å². The molecule has 1 aromatic rings. The van der Waals surface area contributed by atoms with Crippen LogP contribution in [0.2, 0.25) is 0 Å². The fourth-order valence-electron chi connectivity index (χ4n) is 1.67. The molecule has 20 heavy (non-hydrogen) atoms. The van der Waals surface area contributed by atoms with E-state index >= 15 is 0 Å². The lowest BCUT2D eigenvalue weighted by Crippen LogP contribution is -2.53. The minimum atomic E-state index is -5.90. The second-order valence-corrected chi connectivity index (χ2v) is 3.96. The Morgan fingerprint density at radius 1 is 1.10 bits per heavy atom. The lowest BCUT2D eigenvalue weighted by molar-refractivity contribution is -0.376. The first kappa shape index (κ1) is 16.4. The number of aliphatic hydroxyl groups is 1. The molecule has 8 heteroatoms. The average Bonchev–Trinajstić information content (AvgIpc) is 2.34. The number of anilines is 1. The van der Waals surface area contributed by atoms with Crippen molar-refractivity contribution in [2.24, 2.45) is 0 Å². The molecule has 0 fully saturated rings. The van der Waals surface area contributed by atoms with E-state index < -0.39 is 23.5 Å². The van der Waals surface area contributed by atoms with E-state index in [1.165, 1.54) is 7.05 Å². The molecule has 2 nitrogen and oxygen atoms in total. The summed E-state index contributed by atoms with van der Waals surface area (Å²) in [6.45, 7) is 3.30. The van der Waals surface area contributed by atoms with E-state index in [0.29, 0.717) is 12.1 Å². The van der Waals surface area contributed by atoms with E-state index in [4.69, 9.17) is 0 Å². The zero-order valence-corrected chi connectivity index (χ0v) is 10.2. The number of benzene rings is 1. The highest BCUT2D eigenvalue weighted by molar-refractivity contribution is 5.66. The van der Waals surface area contributed by atoms with Gasteiger partial charge in [0.25, 0.3) is 5.60 Å². The van der Waals surface area contributed by atoms with Crippen LogP contribution in [0.4, 0.5) is 32.0 Å². The first-order valence-corrected chi connectivity index (χ1v) is 5.29. The van der Waals surface area contributed by atoms with Crippen LogP contribution in [-0.4, -0.2) is 24.5 Å². The van der Waals surface area contributed by atoms with Gasteiger partial charge in [0.2, 0.25) is 0 Å². The minimum Gasteiger partial charge on any atom is -0.388 e. The maximum Gasteiger partial charge on any atom is 0.430 e. The Hall–Kier alpha value is -1.70. The van der Waals surface area contributed by atoms with Crippen LogP contribution >= 0.6 is 0 Å². The molecule has 1 rings (SSSR count). The van der Waals surface area contributed by atoms with Crippen molar-refractivity contribution in [1.82, 2.24) is 0 Å². The highest BCUT2D eigenvalue weighted by Crippen LogP contribution is 2.50. The minimum absolute atomic E-state index is 0.0110. The van der Waals surface area contributed by atoms with E-state index in [1.54, 1.807) is 0 Å². The maximum atomic E-state index is 12.7. The van der Waals surface area contributed by atoms with Crippen LogP contribution in [0.1, 0.15) is 11.1 Å². The summed E-state index contributed by atoms with van der Waals surface area (Å²) in [4.78, 5) is 0. The Morgan fingerprint density at radius 3 is 1.95 bits per heavy atom. The third kappa shape index (κ3) is 2.47. The molecule has 0 atom stereocenters. The van der Waals surface area contributed by atoms with Gasteiger partial charge in [0.05, 0.1) is 0 Å². The molecule has 0 aromatic heterocycles. The SMILES string of the molecule is C=Cc1cc(C(O)(C(F)(F)F)C(F)(F)F)ccc1NC. The van der Waals surface area contributed by atoms with E-state index in [2.05, 4.69) is 11.9 Å². The predicted octanol–water partition coefficient (Wildman–Crippen LogP) is 3.68. The van der Waals surface area contributed by atoms with Gasteiger partial charge >= 0.3 is 12.4 Å². The maximum absolute atomic E-state index is 12.7. The quantitative estimate of drug-likeness (QED) is 0.834. The lowest BCUT2D eigenvalue weighted by atomic mass is 9.90. The topological polar surface area (TPSA) is 32.3 Å². The Morgan fingerprint density at radius 2 is 1.60 bits per heavy atom. The van der Waals surface area contributed by atoms with Crippen LogP contribution in [0.3, 0.4) is 0 Å². The molecular formula is C12H11F6NO. The van der Waals surface area contributed by atoms with Crippen molar-refractivity contribution in [1.29, 1.82) is 0 Å². The first-order valence-electron chi connectivity index (χ1n) is 5.29. The zero-order chi connectivity index (χ0) is 15.8. The molecule has 0 radical (unpaired) electrons. The number of hydrogen-bond acceptors (Lipinski definition) is 2. The summed E-state index contributed by atoms with van der Waals surface area (Å²) in [6.07, 6.45) is -10.7. The van der Waals surface area contributed by atoms with Crippen molar-refractivity contribution in [3.8, 4) is 0 Å². The number of rotatable bonds is 3. The zero-order valence-electron chi connectivity index (χ0n) is 10.2. The van der Waals surface area contributed by atoms with Gasteiger partial charge in [-0.05, 0) is 17.7 Å². The molecule has 0 saturated carbocycles. The highest BCUT2D eigenvalue weighted by atomic mass is 19.4. The molecule has 0 aliphatic heterocycles. The van der Waals surface area contributed by atoms with Crippen molar-refractivity contribution >= 4 is 11.8 Å². The van der Waals surface area contributed by atoms with Crippen LogP contribution in [-0.2, 0) is 5.60 Å². The monoisotopic (exact) mass is 299 g/mol. The molecule has 0 spiro atoms. The second kappa shape index (κ2) is 5.01. The molecule has 2 N–H and O–H groups in total. The summed E-state index contributed by atoms with van der Waals surface area (Å²) in [5, 5.41) is 11.8. The molecule has 0 aliphatic rings. The summed E-state index contributed by atoms with van der Waals surface area (Å²) in [7, 11) is 1.45. The van der Waals surface area contributed by atoms with E-state index in [-0.39, 0.29) is 11.3 Å². The summed E-state index contributed by atoms with van der Waals surface area (Å²) >= 11 is 0. The van der Waals surface area contributed by atoms with E-state index in [1.807, 2.05) is 0 Å². The van der Waals surface area contributed by atoms with Crippen LogP contribution in [0.5, 0.6) is 0 Å². The van der Waals surface area contributed by atoms with Crippen molar-refractivity contribution in [2.45, 2.75) is 18.0 Å². The van der Waals surface area contributed by atoms with Crippen LogP contribution in [0.15, 0.2) is 24.8 Å². The van der Waals surface area contributed by atoms with Gasteiger partial charge in [0.15, 0.2) is 0 Å². The molecule has 0 aliphatic carbocycles. The van der Waals surface area contributed by atoms with Gasteiger partial charge in [-0.2, -0.15) is 26.3 Å². The molecule has 112 valence electrons. The summed E-state index contributed by atoms with van der Waals surface area (Å²) in [6, 6.07) is 2.18. The highest BCUT2D eigenvalue weighted by Gasteiger charge is 2.71. The third-order valence-electron chi connectivity index (χ3n) is 2.78. The second-order valence-electron chi connectivity index (χ2n) is 3.96. The molecular weight excluding hydrogens is 288 g/mol. The smallest absolute Gasteiger partial charge is 0.388 e. The number of halogens is 6. The van der Waals surface area contributed by atoms with Crippen molar-refractivity contribution in [2.75, 3.05) is 12.4 Å². The van der Waals surface area contributed by atoms with Crippen LogP contribution in [0.25, 0.3) is 6.08 Å². The number of hydrogen-bond donors (Lipinski definition) is 2. The van der Waals surface area contributed by atoms with E-state index in [9.17, 15) is 31.4 Å². The molecule has 0 amide bonds. The van der Waals surface area contributed by atoms with Crippen LogP contribution in [0, 0.1) is 0 Å². The van der Waals surface area contributed by atoms with Crippen molar-refractivity contribution in [3.63, 3.8) is 0 Å². The summed E-state index contributed by atoms with van der Waals surface area (Å²) in [5.74, 6) is 0. The largest absolute Gasteiger partial charge is 0.430 e. The Labute approximate surface area is 110 Å². The summed E-state index contributed by atoms with van der Waals surface area (Å²) < 4.78 is 76.2.